The average molecular weight is 438 g/mol. The Morgan fingerprint density at radius 1 is 1.24 bits per heavy atom. The highest BCUT2D eigenvalue weighted by atomic mass is 35.5. The predicted molar refractivity (Wildman–Crippen MR) is 114 cm³/mol. The lowest BCUT2D eigenvalue weighted by molar-refractivity contribution is -0.145. The second-order valence-corrected chi connectivity index (χ2v) is 7.76. The summed E-state index contributed by atoms with van der Waals surface area (Å²) in [6, 6.07) is 10.2. The number of rotatable bonds is 7. The zero-order valence-corrected chi connectivity index (χ0v) is 18.0. The molecule has 7 heteroatoms. The standard InChI is InChI=1S/C22H25Cl2NO4/c1-3-29-19-13-14(10-11-18(19)28-2)21(15-7-6-8-16(23)20(15)24)25-12-5-4-9-17(25)22(26)27/h6-8,10-11,13,17,21H,3-5,9,12H2,1-2H3,(H,26,27). The van der Waals surface area contributed by atoms with Gasteiger partial charge in [0.2, 0.25) is 0 Å². The van der Waals surface area contributed by atoms with E-state index in [2.05, 4.69) is 0 Å². The van der Waals surface area contributed by atoms with Gasteiger partial charge in [-0.2, -0.15) is 0 Å². The fourth-order valence-electron chi connectivity index (χ4n) is 3.94. The van der Waals surface area contributed by atoms with E-state index in [-0.39, 0.29) is 6.04 Å². The zero-order chi connectivity index (χ0) is 21.0. The molecule has 2 unspecified atom stereocenters. The molecule has 1 heterocycles. The number of piperidine rings is 1. The number of carboxylic acids is 1. The number of nitrogens with zero attached hydrogens (tertiary/aromatic N) is 1. The SMILES string of the molecule is CCOc1cc(C(c2cccc(Cl)c2Cl)N2CCCCC2C(=O)O)ccc1OC. The summed E-state index contributed by atoms with van der Waals surface area (Å²) in [4.78, 5) is 14.0. The van der Waals surface area contributed by atoms with E-state index in [4.69, 9.17) is 32.7 Å². The van der Waals surface area contributed by atoms with E-state index in [0.29, 0.717) is 41.1 Å². The average Bonchev–Trinajstić information content (AvgIpc) is 2.72. The number of carbonyl (C=O) groups is 1. The quantitative estimate of drug-likeness (QED) is 0.625. The maximum atomic E-state index is 12.0. The van der Waals surface area contributed by atoms with Gasteiger partial charge in [-0.1, -0.05) is 47.8 Å². The number of likely N-dealkylation sites (tertiary alicyclic amines) is 1. The number of ether oxygens (including phenoxy) is 2. The lowest BCUT2D eigenvalue weighted by Crippen LogP contribution is -2.46. The van der Waals surface area contributed by atoms with Gasteiger partial charge >= 0.3 is 5.97 Å². The Morgan fingerprint density at radius 3 is 2.72 bits per heavy atom. The highest BCUT2D eigenvalue weighted by Crippen LogP contribution is 2.42. The minimum Gasteiger partial charge on any atom is -0.493 e. The van der Waals surface area contributed by atoms with E-state index in [9.17, 15) is 9.90 Å². The van der Waals surface area contributed by atoms with Crippen LogP contribution in [0, 0.1) is 0 Å². The normalized spacial score (nSPS) is 18.3. The van der Waals surface area contributed by atoms with Crippen molar-refractivity contribution >= 4 is 29.2 Å². The van der Waals surface area contributed by atoms with Gasteiger partial charge in [-0.25, -0.2) is 0 Å². The molecule has 0 spiro atoms. The number of halogens is 2. The minimum absolute atomic E-state index is 0.368. The van der Waals surface area contributed by atoms with Crippen LogP contribution < -0.4 is 9.47 Å². The van der Waals surface area contributed by atoms with Gasteiger partial charge in [-0.05, 0) is 55.6 Å². The van der Waals surface area contributed by atoms with Crippen molar-refractivity contribution < 1.29 is 19.4 Å². The maximum Gasteiger partial charge on any atom is 0.320 e. The Balaban J connectivity index is 2.16. The van der Waals surface area contributed by atoms with Gasteiger partial charge in [-0.3, -0.25) is 9.69 Å². The molecule has 1 N–H and O–H groups in total. The smallest absolute Gasteiger partial charge is 0.320 e. The lowest BCUT2D eigenvalue weighted by atomic mass is 9.91. The third-order valence-corrected chi connectivity index (χ3v) is 6.07. The number of benzene rings is 2. The Hall–Kier alpha value is -1.95. The van der Waals surface area contributed by atoms with Gasteiger partial charge in [0.1, 0.15) is 6.04 Å². The minimum atomic E-state index is -0.827. The van der Waals surface area contributed by atoms with Crippen molar-refractivity contribution in [3.63, 3.8) is 0 Å². The summed E-state index contributed by atoms with van der Waals surface area (Å²) < 4.78 is 11.2. The zero-order valence-electron chi connectivity index (χ0n) is 16.5. The third kappa shape index (κ3) is 4.63. The number of methoxy groups -OCH3 is 1. The van der Waals surface area contributed by atoms with Crippen molar-refractivity contribution in [3.8, 4) is 11.5 Å². The molecule has 0 amide bonds. The monoisotopic (exact) mass is 437 g/mol. The van der Waals surface area contributed by atoms with Gasteiger partial charge in [-0.15, -0.1) is 0 Å². The van der Waals surface area contributed by atoms with Crippen molar-refractivity contribution in [1.82, 2.24) is 4.90 Å². The summed E-state index contributed by atoms with van der Waals surface area (Å²) in [5.41, 5.74) is 1.66. The van der Waals surface area contributed by atoms with Gasteiger partial charge < -0.3 is 14.6 Å². The van der Waals surface area contributed by atoms with Crippen LogP contribution in [0.1, 0.15) is 43.4 Å². The molecule has 0 aromatic heterocycles. The molecule has 1 saturated heterocycles. The summed E-state index contributed by atoms with van der Waals surface area (Å²) in [5, 5.41) is 10.7. The molecule has 1 aliphatic rings. The molecule has 3 rings (SSSR count). The van der Waals surface area contributed by atoms with Gasteiger partial charge in [0.05, 0.1) is 29.8 Å². The van der Waals surface area contributed by atoms with E-state index < -0.39 is 12.0 Å². The van der Waals surface area contributed by atoms with Crippen molar-refractivity contribution in [1.29, 1.82) is 0 Å². The molecule has 1 fully saturated rings. The number of hydrogen-bond acceptors (Lipinski definition) is 4. The largest absolute Gasteiger partial charge is 0.493 e. The summed E-state index contributed by atoms with van der Waals surface area (Å²) in [5.74, 6) is 0.408. The summed E-state index contributed by atoms with van der Waals surface area (Å²) in [6.45, 7) is 3.05. The van der Waals surface area contributed by atoms with Crippen LogP contribution in [0.5, 0.6) is 11.5 Å². The molecule has 0 bridgehead atoms. The highest BCUT2D eigenvalue weighted by Gasteiger charge is 2.36. The lowest BCUT2D eigenvalue weighted by Gasteiger charge is -2.40. The Kier molecular flexibility index (Phi) is 7.28. The van der Waals surface area contributed by atoms with Gasteiger partial charge in [0.15, 0.2) is 11.5 Å². The first-order valence-corrected chi connectivity index (χ1v) is 10.5. The Labute approximate surface area is 181 Å². The molecule has 0 saturated carbocycles. The molecular formula is C22H25Cl2NO4. The van der Waals surface area contributed by atoms with E-state index in [1.54, 1.807) is 13.2 Å². The molecule has 2 aromatic carbocycles. The van der Waals surface area contributed by atoms with Crippen LogP contribution in [-0.2, 0) is 4.79 Å². The predicted octanol–water partition coefficient (Wildman–Crippen LogP) is 5.43. The first kappa shape index (κ1) is 21.8. The van der Waals surface area contributed by atoms with Crippen molar-refractivity contribution in [2.45, 2.75) is 38.3 Å². The molecule has 1 aliphatic heterocycles. The van der Waals surface area contributed by atoms with Crippen molar-refractivity contribution in [2.24, 2.45) is 0 Å². The molecule has 5 nitrogen and oxygen atoms in total. The Bertz CT molecular complexity index is 874. The van der Waals surface area contributed by atoms with Gasteiger partial charge in [0, 0.05) is 0 Å². The molecule has 0 radical (unpaired) electrons. The molecular weight excluding hydrogens is 413 g/mol. The first-order valence-electron chi connectivity index (χ1n) is 9.71. The maximum absolute atomic E-state index is 12.0. The van der Waals surface area contributed by atoms with Crippen LogP contribution in [0.3, 0.4) is 0 Å². The first-order chi connectivity index (χ1) is 14.0. The van der Waals surface area contributed by atoms with E-state index in [1.807, 2.05) is 42.2 Å². The van der Waals surface area contributed by atoms with Crippen LogP contribution >= 0.6 is 23.2 Å². The van der Waals surface area contributed by atoms with Gasteiger partial charge in [0.25, 0.3) is 0 Å². The fourth-order valence-corrected chi connectivity index (χ4v) is 4.35. The van der Waals surface area contributed by atoms with Crippen LogP contribution in [0.15, 0.2) is 36.4 Å². The van der Waals surface area contributed by atoms with Crippen LogP contribution in [0.2, 0.25) is 10.0 Å². The van der Waals surface area contributed by atoms with E-state index >= 15 is 0 Å². The molecule has 2 aromatic rings. The van der Waals surface area contributed by atoms with E-state index in [0.717, 1.165) is 24.0 Å². The molecule has 0 aliphatic carbocycles. The second-order valence-electron chi connectivity index (χ2n) is 6.98. The van der Waals surface area contributed by atoms with Crippen LogP contribution in [-0.4, -0.2) is 42.3 Å². The summed E-state index contributed by atoms with van der Waals surface area (Å²) in [7, 11) is 1.59. The molecule has 2 atom stereocenters. The number of hydrogen-bond donors (Lipinski definition) is 1. The fraction of sp³-hybridized carbons (Fsp3) is 0.409. The number of aliphatic carboxylic acids is 1. The topological polar surface area (TPSA) is 59.0 Å². The van der Waals surface area contributed by atoms with Crippen LogP contribution in [0.25, 0.3) is 0 Å². The van der Waals surface area contributed by atoms with Crippen molar-refractivity contribution in [3.05, 3.63) is 57.6 Å². The Morgan fingerprint density at radius 2 is 2.03 bits per heavy atom. The summed E-state index contributed by atoms with van der Waals surface area (Å²) in [6.07, 6.45) is 2.40. The molecule has 156 valence electrons. The summed E-state index contributed by atoms with van der Waals surface area (Å²) >= 11 is 12.9. The van der Waals surface area contributed by atoms with Crippen molar-refractivity contribution in [2.75, 3.05) is 20.3 Å². The number of carboxylic acid groups (broad SMARTS) is 1. The highest BCUT2D eigenvalue weighted by molar-refractivity contribution is 6.42. The van der Waals surface area contributed by atoms with Crippen LogP contribution in [0.4, 0.5) is 0 Å². The third-order valence-electron chi connectivity index (χ3n) is 5.24. The molecule has 29 heavy (non-hydrogen) atoms. The van der Waals surface area contributed by atoms with E-state index in [1.165, 1.54) is 0 Å². The second kappa shape index (κ2) is 9.70.